The molecule has 0 saturated heterocycles. The topological polar surface area (TPSA) is 45.9 Å². The summed E-state index contributed by atoms with van der Waals surface area (Å²) < 4.78 is 5.81. The van der Waals surface area contributed by atoms with Crippen molar-refractivity contribution in [2.24, 2.45) is 0 Å². The van der Waals surface area contributed by atoms with Gasteiger partial charge in [0.15, 0.2) is 0 Å². The van der Waals surface area contributed by atoms with E-state index in [0.717, 1.165) is 12.8 Å². The predicted molar refractivity (Wildman–Crippen MR) is 61.5 cm³/mol. The van der Waals surface area contributed by atoms with Crippen LogP contribution in [0.5, 0.6) is 5.75 Å². The molecule has 1 aliphatic carbocycles. The average molecular weight is 237 g/mol. The van der Waals surface area contributed by atoms with Crippen LogP contribution in [0, 0.1) is 11.3 Å². The first kappa shape index (κ1) is 11.2. The number of pyridine rings is 1. The van der Waals surface area contributed by atoms with Crippen molar-refractivity contribution >= 4 is 11.6 Å². The van der Waals surface area contributed by atoms with Gasteiger partial charge in [0.1, 0.15) is 22.5 Å². The maximum atomic E-state index is 8.93. The van der Waals surface area contributed by atoms with Crippen LogP contribution in [0.25, 0.3) is 0 Å². The smallest absolute Gasteiger partial charge is 0.142 e. The van der Waals surface area contributed by atoms with E-state index in [1.54, 1.807) is 6.07 Å². The van der Waals surface area contributed by atoms with Crippen molar-refractivity contribution in [2.45, 2.75) is 38.2 Å². The summed E-state index contributed by atoms with van der Waals surface area (Å²) in [5.41, 5.74) is 0.454. The molecule has 0 unspecified atom stereocenters. The molecular formula is C12H13ClN2O. The van der Waals surface area contributed by atoms with Crippen molar-refractivity contribution in [3.8, 4) is 11.8 Å². The minimum atomic E-state index is 0.222. The highest BCUT2D eigenvalue weighted by atomic mass is 35.5. The first-order chi connectivity index (χ1) is 7.79. The molecule has 3 nitrogen and oxygen atoms in total. The second-order valence-corrected chi connectivity index (χ2v) is 4.38. The zero-order chi connectivity index (χ0) is 11.4. The fraction of sp³-hybridized carbons (Fsp3) is 0.500. The van der Waals surface area contributed by atoms with E-state index in [2.05, 4.69) is 11.1 Å². The maximum absolute atomic E-state index is 8.93. The number of nitriles is 1. The lowest BCUT2D eigenvalue weighted by molar-refractivity contribution is 0.154. The monoisotopic (exact) mass is 236 g/mol. The fourth-order valence-electron chi connectivity index (χ4n) is 1.96. The molecule has 1 aromatic rings. The van der Waals surface area contributed by atoms with Gasteiger partial charge in [-0.05, 0) is 25.7 Å². The van der Waals surface area contributed by atoms with Gasteiger partial charge in [0, 0.05) is 6.07 Å². The van der Waals surface area contributed by atoms with Gasteiger partial charge in [0.2, 0.25) is 0 Å². The van der Waals surface area contributed by atoms with Crippen LogP contribution in [0.15, 0.2) is 12.3 Å². The van der Waals surface area contributed by atoms with E-state index < -0.39 is 0 Å². The van der Waals surface area contributed by atoms with Gasteiger partial charge in [-0.3, -0.25) is 0 Å². The Morgan fingerprint density at radius 2 is 2.12 bits per heavy atom. The standard InChI is InChI=1S/C12H13ClN2O/c13-12-6-11(9(7-14)8-15-12)16-10-4-2-1-3-5-10/h6,8,10H,1-5H2. The number of hydrogen-bond donors (Lipinski definition) is 0. The van der Waals surface area contributed by atoms with Gasteiger partial charge >= 0.3 is 0 Å². The third-order valence-corrected chi connectivity index (χ3v) is 3.01. The summed E-state index contributed by atoms with van der Waals surface area (Å²) in [6.07, 6.45) is 7.48. The molecule has 1 aromatic heterocycles. The maximum Gasteiger partial charge on any atom is 0.142 e. The molecule has 0 radical (unpaired) electrons. The fourth-order valence-corrected chi connectivity index (χ4v) is 2.10. The molecule has 0 amide bonds. The van der Waals surface area contributed by atoms with E-state index in [1.165, 1.54) is 25.5 Å². The molecule has 0 aliphatic heterocycles. The van der Waals surface area contributed by atoms with Crippen LogP contribution in [0.3, 0.4) is 0 Å². The molecular weight excluding hydrogens is 224 g/mol. The van der Waals surface area contributed by atoms with Gasteiger partial charge in [-0.2, -0.15) is 5.26 Å². The molecule has 0 spiro atoms. The summed E-state index contributed by atoms with van der Waals surface area (Å²) in [6.45, 7) is 0. The Balaban J connectivity index is 2.13. The second-order valence-electron chi connectivity index (χ2n) is 3.99. The van der Waals surface area contributed by atoms with E-state index in [9.17, 15) is 0 Å². The Hall–Kier alpha value is -1.27. The molecule has 0 N–H and O–H groups in total. The van der Waals surface area contributed by atoms with Crippen molar-refractivity contribution in [3.63, 3.8) is 0 Å². The zero-order valence-electron chi connectivity index (χ0n) is 8.95. The van der Waals surface area contributed by atoms with Crippen LogP contribution >= 0.6 is 11.6 Å². The highest BCUT2D eigenvalue weighted by Crippen LogP contribution is 2.26. The van der Waals surface area contributed by atoms with Gasteiger partial charge in [-0.15, -0.1) is 0 Å². The lowest BCUT2D eigenvalue weighted by atomic mass is 9.98. The summed E-state index contributed by atoms with van der Waals surface area (Å²) in [6, 6.07) is 3.69. The lowest BCUT2D eigenvalue weighted by Crippen LogP contribution is -2.20. The quantitative estimate of drug-likeness (QED) is 0.740. The van der Waals surface area contributed by atoms with Crippen LogP contribution in [0.4, 0.5) is 0 Å². The molecule has 0 atom stereocenters. The summed E-state index contributed by atoms with van der Waals surface area (Å²) in [4.78, 5) is 3.87. The molecule has 1 saturated carbocycles. The third kappa shape index (κ3) is 2.65. The normalized spacial score (nSPS) is 16.8. The first-order valence-electron chi connectivity index (χ1n) is 5.52. The number of nitrogens with zero attached hydrogens (tertiary/aromatic N) is 2. The van der Waals surface area contributed by atoms with Crippen molar-refractivity contribution in [2.75, 3.05) is 0 Å². The number of hydrogen-bond acceptors (Lipinski definition) is 3. The minimum absolute atomic E-state index is 0.222. The molecule has 2 rings (SSSR count). The second kappa shape index (κ2) is 5.18. The third-order valence-electron chi connectivity index (χ3n) is 2.80. The van der Waals surface area contributed by atoms with E-state index in [1.807, 2.05) is 0 Å². The Labute approximate surface area is 100 Å². The highest BCUT2D eigenvalue weighted by Gasteiger charge is 2.16. The SMILES string of the molecule is N#Cc1cnc(Cl)cc1OC1CCCCC1. The predicted octanol–water partition coefficient (Wildman–Crippen LogP) is 3.32. The summed E-state index contributed by atoms with van der Waals surface area (Å²) in [5, 5.41) is 9.29. The lowest BCUT2D eigenvalue weighted by Gasteiger charge is -2.23. The van der Waals surface area contributed by atoms with E-state index >= 15 is 0 Å². The van der Waals surface area contributed by atoms with Crippen molar-refractivity contribution in [3.05, 3.63) is 23.0 Å². The number of halogens is 1. The molecule has 84 valence electrons. The van der Waals surface area contributed by atoms with Crippen LogP contribution in [0.2, 0.25) is 5.15 Å². The van der Waals surface area contributed by atoms with E-state index in [0.29, 0.717) is 16.5 Å². The van der Waals surface area contributed by atoms with E-state index in [-0.39, 0.29) is 6.10 Å². The van der Waals surface area contributed by atoms with Crippen LogP contribution < -0.4 is 4.74 Å². The molecule has 1 heterocycles. The molecule has 1 aliphatic rings. The minimum Gasteiger partial charge on any atom is -0.489 e. The van der Waals surface area contributed by atoms with E-state index in [4.69, 9.17) is 21.6 Å². The van der Waals surface area contributed by atoms with Gasteiger partial charge < -0.3 is 4.74 Å². The van der Waals surface area contributed by atoms with Gasteiger partial charge in [-0.25, -0.2) is 4.98 Å². The molecule has 0 bridgehead atoms. The van der Waals surface area contributed by atoms with Crippen molar-refractivity contribution < 1.29 is 4.74 Å². The Morgan fingerprint density at radius 1 is 1.38 bits per heavy atom. The Kier molecular flexibility index (Phi) is 3.63. The Morgan fingerprint density at radius 3 is 2.81 bits per heavy atom. The summed E-state index contributed by atoms with van der Waals surface area (Å²) in [7, 11) is 0. The largest absolute Gasteiger partial charge is 0.489 e. The zero-order valence-corrected chi connectivity index (χ0v) is 9.70. The molecule has 0 aromatic carbocycles. The first-order valence-corrected chi connectivity index (χ1v) is 5.89. The van der Waals surface area contributed by atoms with Crippen LogP contribution in [-0.4, -0.2) is 11.1 Å². The Bertz CT molecular complexity index is 408. The number of rotatable bonds is 2. The average Bonchev–Trinajstić information content (AvgIpc) is 2.31. The van der Waals surface area contributed by atoms with Crippen LogP contribution in [0.1, 0.15) is 37.7 Å². The molecule has 16 heavy (non-hydrogen) atoms. The van der Waals surface area contributed by atoms with Gasteiger partial charge in [0.05, 0.1) is 12.3 Å². The molecule has 4 heteroatoms. The van der Waals surface area contributed by atoms with Gasteiger partial charge in [-0.1, -0.05) is 18.0 Å². The van der Waals surface area contributed by atoms with Gasteiger partial charge in [0.25, 0.3) is 0 Å². The number of aromatic nitrogens is 1. The van der Waals surface area contributed by atoms with Crippen molar-refractivity contribution in [1.82, 2.24) is 4.98 Å². The van der Waals surface area contributed by atoms with Crippen molar-refractivity contribution in [1.29, 1.82) is 5.26 Å². The highest BCUT2D eigenvalue weighted by molar-refractivity contribution is 6.29. The molecule has 1 fully saturated rings. The summed E-state index contributed by atoms with van der Waals surface area (Å²) in [5.74, 6) is 0.564. The summed E-state index contributed by atoms with van der Waals surface area (Å²) >= 11 is 5.79. The van der Waals surface area contributed by atoms with Crippen LogP contribution in [-0.2, 0) is 0 Å². The number of ether oxygens (including phenoxy) is 1.